The van der Waals surface area contributed by atoms with E-state index < -0.39 is 0 Å². The largest absolute Gasteiger partial charge is 0.356 e. The summed E-state index contributed by atoms with van der Waals surface area (Å²) in [6, 6.07) is 19.0. The van der Waals surface area contributed by atoms with Crippen molar-refractivity contribution in [3.8, 4) is 0 Å². The van der Waals surface area contributed by atoms with Crippen LogP contribution in [0, 0.1) is 31.6 Å². The summed E-state index contributed by atoms with van der Waals surface area (Å²) in [5.74, 6) is 2.89. The fourth-order valence-electron chi connectivity index (χ4n) is 8.78. The van der Waals surface area contributed by atoms with Gasteiger partial charge in [-0.15, -0.1) is 0 Å². The molecule has 164 valence electrons. The van der Waals surface area contributed by atoms with Gasteiger partial charge in [0.2, 0.25) is 0 Å². The van der Waals surface area contributed by atoms with Crippen LogP contribution in [0.3, 0.4) is 0 Å². The van der Waals surface area contributed by atoms with Gasteiger partial charge in [0.15, 0.2) is 0 Å². The SMILES string of the molecule is Cc1ccc2c(c1)B1c3cc(C)ccc3Nc3cc(C45CC6CC(CC(C6)C4)C5)cc(c31)N2. The van der Waals surface area contributed by atoms with Crippen LogP contribution in [0.2, 0.25) is 0 Å². The molecule has 4 aliphatic carbocycles. The Hall–Kier alpha value is -2.68. The van der Waals surface area contributed by atoms with Crippen LogP contribution in [0.15, 0.2) is 48.5 Å². The maximum absolute atomic E-state index is 3.88. The molecule has 0 amide bonds. The first-order valence-electron chi connectivity index (χ1n) is 13.0. The van der Waals surface area contributed by atoms with E-state index in [1.807, 2.05) is 0 Å². The van der Waals surface area contributed by atoms with Crippen molar-refractivity contribution in [1.82, 2.24) is 0 Å². The van der Waals surface area contributed by atoms with E-state index in [1.165, 1.54) is 88.8 Å². The molecule has 3 heteroatoms. The Morgan fingerprint density at radius 1 is 0.667 bits per heavy atom. The van der Waals surface area contributed by atoms with E-state index in [0.717, 1.165) is 17.8 Å². The zero-order valence-electron chi connectivity index (χ0n) is 19.7. The Morgan fingerprint density at radius 3 is 1.64 bits per heavy atom. The van der Waals surface area contributed by atoms with Crippen molar-refractivity contribution in [3.05, 3.63) is 65.2 Å². The topological polar surface area (TPSA) is 24.1 Å². The van der Waals surface area contributed by atoms with Crippen molar-refractivity contribution in [3.63, 3.8) is 0 Å². The van der Waals surface area contributed by atoms with Gasteiger partial charge in [0, 0.05) is 22.7 Å². The second kappa shape index (κ2) is 6.26. The summed E-state index contributed by atoms with van der Waals surface area (Å²) in [6.45, 7) is 4.73. The van der Waals surface area contributed by atoms with Crippen molar-refractivity contribution in [2.24, 2.45) is 17.8 Å². The monoisotopic (exact) mass is 430 g/mol. The predicted octanol–water partition coefficient (Wildman–Crippen LogP) is 5.40. The van der Waals surface area contributed by atoms with E-state index in [4.69, 9.17) is 0 Å². The quantitative estimate of drug-likeness (QED) is 0.348. The number of aryl methyl sites for hydroxylation is 2. The molecule has 0 atom stereocenters. The molecule has 4 saturated carbocycles. The van der Waals surface area contributed by atoms with E-state index in [-0.39, 0.29) is 0 Å². The molecule has 3 aromatic carbocycles. The summed E-state index contributed by atoms with van der Waals surface area (Å²) in [6.07, 6.45) is 8.71. The minimum absolute atomic E-state index is 0.299. The Bertz CT molecular complexity index is 1230. The van der Waals surface area contributed by atoms with Crippen molar-refractivity contribution in [2.45, 2.75) is 57.8 Å². The van der Waals surface area contributed by atoms with Gasteiger partial charge in [-0.3, -0.25) is 0 Å². The number of hydrogen-bond acceptors (Lipinski definition) is 2. The first-order valence-corrected chi connectivity index (χ1v) is 13.0. The van der Waals surface area contributed by atoms with Gasteiger partial charge in [0.1, 0.15) is 0 Å². The van der Waals surface area contributed by atoms with Gasteiger partial charge in [-0.2, -0.15) is 0 Å². The van der Waals surface area contributed by atoms with Crippen LogP contribution in [-0.4, -0.2) is 6.71 Å². The Morgan fingerprint density at radius 2 is 1.15 bits per heavy atom. The molecule has 0 spiro atoms. The van der Waals surface area contributed by atoms with Gasteiger partial charge in [-0.1, -0.05) is 35.4 Å². The van der Waals surface area contributed by atoms with Crippen LogP contribution < -0.4 is 27.0 Å². The number of rotatable bonds is 1. The van der Waals surface area contributed by atoms with E-state index in [1.54, 1.807) is 5.56 Å². The van der Waals surface area contributed by atoms with Gasteiger partial charge in [0.25, 0.3) is 6.71 Å². The smallest absolute Gasteiger partial charge is 0.252 e. The summed E-state index contributed by atoms with van der Waals surface area (Å²) in [5, 5.41) is 7.77. The Kier molecular flexibility index (Phi) is 3.55. The first kappa shape index (κ1) is 18.7. The molecule has 4 bridgehead atoms. The lowest BCUT2D eigenvalue weighted by Crippen LogP contribution is -2.59. The zero-order valence-corrected chi connectivity index (χ0v) is 19.7. The number of nitrogens with one attached hydrogen (secondary N) is 2. The first-order chi connectivity index (χ1) is 16.0. The van der Waals surface area contributed by atoms with Crippen LogP contribution >= 0.6 is 0 Å². The van der Waals surface area contributed by atoms with E-state index in [0.29, 0.717) is 12.1 Å². The van der Waals surface area contributed by atoms with Crippen molar-refractivity contribution in [2.75, 3.05) is 10.6 Å². The van der Waals surface area contributed by atoms with E-state index >= 15 is 0 Å². The summed E-state index contributed by atoms with van der Waals surface area (Å²) < 4.78 is 0. The van der Waals surface area contributed by atoms with E-state index in [2.05, 4.69) is 73.0 Å². The van der Waals surface area contributed by atoms with Crippen LogP contribution in [0.25, 0.3) is 0 Å². The molecule has 2 aliphatic heterocycles. The molecular weight excluding hydrogens is 399 g/mol. The van der Waals surface area contributed by atoms with Crippen LogP contribution in [0.5, 0.6) is 0 Å². The van der Waals surface area contributed by atoms with Gasteiger partial charge < -0.3 is 10.6 Å². The van der Waals surface area contributed by atoms with Gasteiger partial charge >= 0.3 is 0 Å². The van der Waals surface area contributed by atoms with Gasteiger partial charge in [-0.25, -0.2) is 0 Å². The van der Waals surface area contributed by atoms with Crippen molar-refractivity contribution in [1.29, 1.82) is 0 Å². The van der Waals surface area contributed by atoms with Crippen LogP contribution in [-0.2, 0) is 5.41 Å². The highest BCUT2D eigenvalue weighted by Gasteiger charge is 2.52. The van der Waals surface area contributed by atoms with E-state index in [9.17, 15) is 0 Å². The minimum atomic E-state index is 0.299. The fraction of sp³-hybridized carbons (Fsp3) is 0.400. The standard InChI is InChI=1S/C30H31BN2/c1-17-3-5-25-23(7-17)31-24-8-18(2)4-6-26(24)33-28-13-22(12-27(32-25)29(28)31)30-14-19-9-20(15-30)11-21(10-19)16-30/h3-8,12-13,19-21,32-33H,9-11,14-16H2,1-2H3. The lowest BCUT2D eigenvalue weighted by atomic mass is 9.33. The maximum Gasteiger partial charge on any atom is 0.252 e. The third kappa shape index (κ3) is 2.57. The molecule has 2 heterocycles. The molecule has 6 aliphatic rings. The molecule has 0 radical (unpaired) electrons. The van der Waals surface area contributed by atoms with Crippen LogP contribution in [0.1, 0.15) is 55.2 Å². The lowest BCUT2D eigenvalue weighted by Gasteiger charge is -2.57. The Balaban J connectivity index is 1.34. The molecule has 2 nitrogen and oxygen atoms in total. The molecule has 9 rings (SSSR count). The van der Waals surface area contributed by atoms with Crippen LogP contribution in [0.4, 0.5) is 22.7 Å². The highest BCUT2D eigenvalue weighted by atomic mass is 14.9. The maximum atomic E-state index is 3.88. The molecule has 2 N–H and O–H groups in total. The number of benzene rings is 3. The second-order valence-electron chi connectivity index (χ2n) is 12.0. The molecule has 0 aromatic heterocycles. The second-order valence-corrected chi connectivity index (χ2v) is 12.0. The normalized spacial score (nSPS) is 29.6. The molecule has 4 fully saturated rings. The number of anilines is 4. The van der Waals surface area contributed by atoms with Crippen molar-refractivity contribution >= 4 is 45.9 Å². The summed E-state index contributed by atoms with van der Waals surface area (Å²) in [5.41, 5.74) is 14.2. The average molecular weight is 430 g/mol. The van der Waals surface area contributed by atoms with Crippen molar-refractivity contribution < 1.29 is 0 Å². The third-order valence-electron chi connectivity index (χ3n) is 9.69. The predicted molar refractivity (Wildman–Crippen MR) is 140 cm³/mol. The zero-order chi connectivity index (χ0) is 21.9. The average Bonchev–Trinajstić information content (AvgIpc) is 2.78. The minimum Gasteiger partial charge on any atom is -0.356 e. The molecule has 0 saturated heterocycles. The highest BCUT2D eigenvalue weighted by molar-refractivity contribution is 7.00. The Labute approximate surface area is 197 Å². The highest BCUT2D eigenvalue weighted by Crippen LogP contribution is 2.61. The number of hydrogen-bond donors (Lipinski definition) is 2. The summed E-state index contributed by atoms with van der Waals surface area (Å²) in [7, 11) is 0. The lowest BCUT2D eigenvalue weighted by molar-refractivity contribution is -0.00513. The summed E-state index contributed by atoms with van der Waals surface area (Å²) >= 11 is 0. The molecule has 0 unspecified atom stereocenters. The molecule has 3 aromatic rings. The molecular formula is C30H31BN2. The number of fused-ring (bicyclic) bond motifs is 4. The molecule has 33 heavy (non-hydrogen) atoms. The fourth-order valence-corrected chi connectivity index (χ4v) is 8.78. The third-order valence-corrected chi connectivity index (χ3v) is 9.69. The summed E-state index contributed by atoms with van der Waals surface area (Å²) in [4.78, 5) is 0. The van der Waals surface area contributed by atoms with Gasteiger partial charge in [0.05, 0.1) is 0 Å². The van der Waals surface area contributed by atoms with Gasteiger partial charge in [-0.05, 0) is 122 Å².